The first-order valence-corrected chi connectivity index (χ1v) is 4.68. The summed E-state index contributed by atoms with van der Waals surface area (Å²) in [6, 6.07) is 0. The number of thioether (sulfide) groups is 1. The molecule has 2 nitrogen and oxygen atoms in total. The number of rotatable bonds is 4. The zero-order valence-electron chi connectivity index (χ0n) is 6.72. The maximum absolute atomic E-state index is 10.8. The third kappa shape index (κ3) is 3.77. The van der Waals surface area contributed by atoms with Crippen LogP contribution in [-0.4, -0.2) is 25.1 Å². The molecule has 0 bridgehead atoms. The van der Waals surface area contributed by atoms with Gasteiger partial charge >= 0.3 is 5.97 Å². The molecule has 0 saturated carbocycles. The van der Waals surface area contributed by atoms with Crippen molar-refractivity contribution in [2.45, 2.75) is 13.3 Å². The van der Waals surface area contributed by atoms with E-state index in [0.29, 0.717) is 0 Å². The van der Waals surface area contributed by atoms with Crippen LogP contribution in [0.3, 0.4) is 0 Å². The van der Waals surface area contributed by atoms with E-state index >= 15 is 0 Å². The minimum absolute atomic E-state index is 0.0532. The number of hydrogen-bond donors (Lipinski definition) is 0. The van der Waals surface area contributed by atoms with Gasteiger partial charge in [0.1, 0.15) is 0 Å². The first-order valence-electron chi connectivity index (χ1n) is 3.29. The summed E-state index contributed by atoms with van der Waals surface area (Å²) in [6.45, 7) is 1.89. The van der Waals surface area contributed by atoms with Gasteiger partial charge < -0.3 is 4.74 Å². The van der Waals surface area contributed by atoms with Gasteiger partial charge in [0.15, 0.2) is 0 Å². The smallest absolute Gasteiger partial charge is 0.308 e. The average molecular weight is 162 g/mol. The molecule has 0 amide bonds. The summed E-state index contributed by atoms with van der Waals surface area (Å²) in [5, 5.41) is 0. The van der Waals surface area contributed by atoms with Gasteiger partial charge in [0.2, 0.25) is 0 Å². The zero-order chi connectivity index (χ0) is 7.98. The van der Waals surface area contributed by atoms with Crippen LogP contribution in [0.25, 0.3) is 0 Å². The fourth-order valence-electron chi connectivity index (χ4n) is 0.614. The van der Waals surface area contributed by atoms with Crippen LogP contribution in [0.2, 0.25) is 0 Å². The lowest BCUT2D eigenvalue weighted by molar-refractivity contribution is -0.144. The SMILES string of the molecule is COC(=O)C(C)CCSC. The van der Waals surface area contributed by atoms with Crippen LogP contribution >= 0.6 is 11.8 Å². The van der Waals surface area contributed by atoms with Crippen LogP contribution in [0.1, 0.15) is 13.3 Å². The average Bonchev–Trinajstić information content (AvgIpc) is 1.98. The lowest BCUT2D eigenvalue weighted by Crippen LogP contribution is -2.13. The Bertz CT molecular complexity index is 104. The number of ether oxygens (including phenoxy) is 1. The van der Waals surface area contributed by atoms with Gasteiger partial charge in [-0.25, -0.2) is 0 Å². The van der Waals surface area contributed by atoms with Crippen molar-refractivity contribution in [2.75, 3.05) is 19.1 Å². The van der Waals surface area contributed by atoms with Gasteiger partial charge in [0.05, 0.1) is 13.0 Å². The molecule has 3 heteroatoms. The van der Waals surface area contributed by atoms with E-state index in [4.69, 9.17) is 0 Å². The Morgan fingerprint density at radius 3 is 2.70 bits per heavy atom. The second-order valence-electron chi connectivity index (χ2n) is 2.21. The highest BCUT2D eigenvalue weighted by Gasteiger charge is 2.11. The van der Waals surface area contributed by atoms with E-state index in [-0.39, 0.29) is 11.9 Å². The number of esters is 1. The lowest BCUT2D eigenvalue weighted by atomic mass is 10.1. The van der Waals surface area contributed by atoms with E-state index in [2.05, 4.69) is 4.74 Å². The molecule has 0 aliphatic heterocycles. The Morgan fingerprint density at radius 2 is 2.30 bits per heavy atom. The van der Waals surface area contributed by atoms with Gasteiger partial charge in [-0.3, -0.25) is 4.79 Å². The molecule has 0 heterocycles. The quantitative estimate of drug-likeness (QED) is 0.587. The molecule has 0 N–H and O–H groups in total. The molecule has 0 aromatic rings. The molecular weight excluding hydrogens is 148 g/mol. The van der Waals surface area contributed by atoms with Gasteiger partial charge in [-0.15, -0.1) is 0 Å². The van der Waals surface area contributed by atoms with Crippen LogP contribution in [0.15, 0.2) is 0 Å². The van der Waals surface area contributed by atoms with Crippen molar-refractivity contribution in [3.63, 3.8) is 0 Å². The normalized spacial score (nSPS) is 12.7. The molecule has 1 unspecified atom stereocenters. The van der Waals surface area contributed by atoms with E-state index in [9.17, 15) is 4.79 Å². The van der Waals surface area contributed by atoms with E-state index in [1.165, 1.54) is 7.11 Å². The standard InChI is InChI=1S/C7H14O2S/c1-6(4-5-10-3)7(8)9-2/h6H,4-5H2,1-3H3. The Balaban J connectivity index is 3.41. The molecule has 0 saturated heterocycles. The Morgan fingerprint density at radius 1 is 1.70 bits per heavy atom. The largest absolute Gasteiger partial charge is 0.469 e. The summed E-state index contributed by atoms with van der Waals surface area (Å²) < 4.78 is 4.56. The summed E-state index contributed by atoms with van der Waals surface area (Å²) in [5.41, 5.74) is 0. The fourth-order valence-corrected chi connectivity index (χ4v) is 1.20. The van der Waals surface area contributed by atoms with Crippen LogP contribution < -0.4 is 0 Å². The first kappa shape index (κ1) is 9.82. The van der Waals surface area contributed by atoms with Crippen molar-refractivity contribution in [3.05, 3.63) is 0 Å². The van der Waals surface area contributed by atoms with Crippen LogP contribution in [0, 0.1) is 5.92 Å². The van der Waals surface area contributed by atoms with Gasteiger partial charge in [-0.2, -0.15) is 11.8 Å². The summed E-state index contributed by atoms with van der Waals surface area (Å²) in [5.74, 6) is 0.975. The van der Waals surface area contributed by atoms with E-state index in [1.54, 1.807) is 11.8 Å². The predicted octanol–water partition coefficient (Wildman–Crippen LogP) is 1.55. The Hall–Kier alpha value is -0.180. The van der Waals surface area contributed by atoms with Crippen molar-refractivity contribution in [1.29, 1.82) is 0 Å². The third-order valence-electron chi connectivity index (χ3n) is 1.36. The van der Waals surface area contributed by atoms with Gasteiger partial charge in [-0.1, -0.05) is 6.92 Å². The number of carbonyl (C=O) groups is 1. The number of carbonyl (C=O) groups excluding carboxylic acids is 1. The topological polar surface area (TPSA) is 26.3 Å². The monoisotopic (exact) mass is 162 g/mol. The van der Waals surface area contributed by atoms with E-state index in [0.717, 1.165) is 12.2 Å². The van der Waals surface area contributed by atoms with Gasteiger partial charge in [-0.05, 0) is 18.4 Å². The molecule has 0 spiro atoms. The van der Waals surface area contributed by atoms with Crippen LogP contribution in [0.4, 0.5) is 0 Å². The molecule has 0 aromatic carbocycles. The minimum atomic E-state index is -0.103. The molecule has 0 fully saturated rings. The van der Waals surface area contributed by atoms with Crippen molar-refractivity contribution >= 4 is 17.7 Å². The highest BCUT2D eigenvalue weighted by atomic mass is 32.2. The van der Waals surface area contributed by atoms with Crippen LogP contribution in [0.5, 0.6) is 0 Å². The number of hydrogen-bond acceptors (Lipinski definition) is 3. The van der Waals surface area contributed by atoms with Gasteiger partial charge in [0.25, 0.3) is 0 Å². The van der Waals surface area contributed by atoms with Crippen molar-refractivity contribution < 1.29 is 9.53 Å². The van der Waals surface area contributed by atoms with Gasteiger partial charge in [0, 0.05) is 0 Å². The zero-order valence-corrected chi connectivity index (χ0v) is 7.53. The number of methoxy groups -OCH3 is 1. The second kappa shape index (κ2) is 5.59. The molecule has 0 aliphatic carbocycles. The molecule has 60 valence electrons. The fraction of sp³-hybridized carbons (Fsp3) is 0.857. The Kier molecular flexibility index (Phi) is 5.49. The molecule has 0 aromatic heterocycles. The minimum Gasteiger partial charge on any atom is -0.469 e. The molecule has 0 aliphatic rings. The second-order valence-corrected chi connectivity index (χ2v) is 3.19. The molecule has 0 rings (SSSR count). The summed E-state index contributed by atoms with van der Waals surface area (Å²) in [4.78, 5) is 10.8. The third-order valence-corrected chi connectivity index (χ3v) is 2.00. The molecular formula is C7H14O2S. The molecule has 0 radical (unpaired) electrons. The summed E-state index contributed by atoms with van der Waals surface area (Å²) in [7, 11) is 1.43. The first-order chi connectivity index (χ1) is 4.72. The summed E-state index contributed by atoms with van der Waals surface area (Å²) >= 11 is 1.75. The highest BCUT2D eigenvalue weighted by Crippen LogP contribution is 2.07. The van der Waals surface area contributed by atoms with Crippen molar-refractivity contribution in [2.24, 2.45) is 5.92 Å². The highest BCUT2D eigenvalue weighted by molar-refractivity contribution is 7.98. The van der Waals surface area contributed by atoms with Crippen molar-refractivity contribution in [1.82, 2.24) is 0 Å². The lowest BCUT2D eigenvalue weighted by Gasteiger charge is -2.06. The molecule has 1 atom stereocenters. The van der Waals surface area contributed by atoms with Crippen LogP contribution in [-0.2, 0) is 9.53 Å². The van der Waals surface area contributed by atoms with E-state index in [1.807, 2.05) is 13.2 Å². The predicted molar refractivity (Wildman–Crippen MR) is 44.2 cm³/mol. The maximum Gasteiger partial charge on any atom is 0.308 e. The Labute approximate surface area is 66.3 Å². The summed E-state index contributed by atoms with van der Waals surface area (Å²) in [6.07, 6.45) is 2.94. The van der Waals surface area contributed by atoms with Crippen molar-refractivity contribution in [3.8, 4) is 0 Å². The maximum atomic E-state index is 10.8. The molecule has 10 heavy (non-hydrogen) atoms. The van der Waals surface area contributed by atoms with E-state index < -0.39 is 0 Å².